The van der Waals surface area contributed by atoms with Gasteiger partial charge in [0.05, 0.1) is 0 Å². The lowest BCUT2D eigenvalue weighted by atomic mass is 10.2. The molecule has 1 aromatic rings. The first-order valence-electron chi connectivity index (χ1n) is 4.66. The van der Waals surface area contributed by atoms with Gasteiger partial charge >= 0.3 is 0 Å². The average molecular weight is 208 g/mol. The van der Waals surface area contributed by atoms with Gasteiger partial charge in [-0.15, -0.1) is 0 Å². The molecule has 0 bridgehead atoms. The van der Waals surface area contributed by atoms with E-state index in [1.807, 2.05) is 18.2 Å². The van der Waals surface area contributed by atoms with Crippen molar-refractivity contribution in [3.63, 3.8) is 0 Å². The molecule has 0 saturated heterocycles. The van der Waals surface area contributed by atoms with E-state index in [0.29, 0.717) is 11.5 Å². The molecule has 15 heavy (non-hydrogen) atoms. The van der Waals surface area contributed by atoms with Crippen LogP contribution in [0.25, 0.3) is 0 Å². The fraction of sp³-hybridized carbons (Fsp3) is 0.300. The molecular weight excluding hydrogens is 196 g/mol. The predicted octanol–water partition coefficient (Wildman–Crippen LogP) is 0.0770. The Hall–Kier alpha value is -1.75. The van der Waals surface area contributed by atoms with Gasteiger partial charge in [0, 0.05) is 7.05 Å². The molecule has 5 heteroatoms. The first-order valence-corrected chi connectivity index (χ1v) is 4.66. The van der Waals surface area contributed by atoms with E-state index < -0.39 is 6.10 Å². The van der Waals surface area contributed by atoms with E-state index >= 15 is 0 Å². The van der Waals surface area contributed by atoms with Gasteiger partial charge in [-0.1, -0.05) is 12.1 Å². The number of hydrazine groups is 1. The number of hydrogen-bond donors (Lipinski definition) is 2. The molecule has 0 fully saturated rings. The van der Waals surface area contributed by atoms with Crippen molar-refractivity contribution in [2.45, 2.75) is 6.10 Å². The van der Waals surface area contributed by atoms with Gasteiger partial charge in [0.1, 0.15) is 6.61 Å². The van der Waals surface area contributed by atoms with Crippen LogP contribution in [0.2, 0.25) is 0 Å². The van der Waals surface area contributed by atoms with E-state index in [1.165, 1.54) is 0 Å². The highest BCUT2D eigenvalue weighted by Crippen LogP contribution is 2.30. The van der Waals surface area contributed by atoms with Crippen molar-refractivity contribution in [3.05, 3.63) is 24.3 Å². The Labute approximate surface area is 87.3 Å². The summed E-state index contributed by atoms with van der Waals surface area (Å²) in [7, 11) is 1.62. The number of benzene rings is 1. The highest BCUT2D eigenvalue weighted by molar-refractivity contribution is 5.81. The van der Waals surface area contributed by atoms with Crippen LogP contribution in [0, 0.1) is 0 Å². The molecule has 80 valence electrons. The smallest absolute Gasteiger partial charge is 0.278 e. The van der Waals surface area contributed by atoms with E-state index in [2.05, 4.69) is 10.9 Å². The third-order valence-corrected chi connectivity index (χ3v) is 2.05. The monoisotopic (exact) mass is 208 g/mol. The van der Waals surface area contributed by atoms with Crippen LogP contribution >= 0.6 is 0 Å². The van der Waals surface area contributed by atoms with Crippen LogP contribution in [0.4, 0.5) is 0 Å². The van der Waals surface area contributed by atoms with Crippen LogP contribution < -0.4 is 20.3 Å². The normalized spacial score (nSPS) is 18.3. The van der Waals surface area contributed by atoms with E-state index in [1.54, 1.807) is 13.1 Å². The molecule has 0 aromatic heterocycles. The maximum absolute atomic E-state index is 11.4. The zero-order valence-corrected chi connectivity index (χ0v) is 8.32. The molecule has 0 radical (unpaired) electrons. The van der Waals surface area contributed by atoms with E-state index in [-0.39, 0.29) is 12.5 Å². The molecule has 2 rings (SSSR count). The van der Waals surface area contributed by atoms with Gasteiger partial charge in [-0.25, -0.2) is 5.43 Å². The highest BCUT2D eigenvalue weighted by Gasteiger charge is 2.26. The van der Waals surface area contributed by atoms with Gasteiger partial charge in [0.25, 0.3) is 5.91 Å². The molecule has 0 aliphatic carbocycles. The van der Waals surface area contributed by atoms with Crippen molar-refractivity contribution in [1.29, 1.82) is 0 Å². The molecule has 1 aliphatic rings. The van der Waals surface area contributed by atoms with Crippen LogP contribution in [0.5, 0.6) is 11.5 Å². The van der Waals surface area contributed by atoms with Gasteiger partial charge < -0.3 is 9.47 Å². The van der Waals surface area contributed by atoms with E-state index in [9.17, 15) is 4.79 Å². The molecule has 1 heterocycles. The van der Waals surface area contributed by atoms with Gasteiger partial charge in [-0.05, 0) is 12.1 Å². The van der Waals surface area contributed by atoms with Crippen molar-refractivity contribution in [1.82, 2.24) is 10.9 Å². The molecule has 1 unspecified atom stereocenters. The quantitative estimate of drug-likeness (QED) is 0.676. The maximum Gasteiger partial charge on any atom is 0.278 e. The summed E-state index contributed by atoms with van der Waals surface area (Å²) < 4.78 is 10.9. The van der Waals surface area contributed by atoms with Gasteiger partial charge in [0.2, 0.25) is 6.10 Å². The summed E-state index contributed by atoms with van der Waals surface area (Å²) in [6, 6.07) is 7.27. The number of fused-ring (bicyclic) bond motifs is 1. The van der Waals surface area contributed by atoms with Crippen molar-refractivity contribution in [2.24, 2.45) is 0 Å². The van der Waals surface area contributed by atoms with E-state index in [0.717, 1.165) is 0 Å². The Morgan fingerprint density at radius 2 is 2.13 bits per heavy atom. The summed E-state index contributed by atoms with van der Waals surface area (Å²) in [6.45, 7) is 0.227. The zero-order valence-electron chi connectivity index (χ0n) is 8.32. The SMILES string of the molecule is CNNC(=O)C1COc2ccccc2O1. The minimum Gasteiger partial charge on any atom is -0.485 e. The lowest BCUT2D eigenvalue weighted by Gasteiger charge is -2.25. The summed E-state index contributed by atoms with van der Waals surface area (Å²) in [5.74, 6) is 1.03. The third kappa shape index (κ3) is 2.02. The highest BCUT2D eigenvalue weighted by atomic mass is 16.6. The average Bonchev–Trinajstić information content (AvgIpc) is 2.29. The molecule has 0 spiro atoms. The van der Waals surface area contributed by atoms with Gasteiger partial charge in [-0.2, -0.15) is 0 Å². The fourth-order valence-corrected chi connectivity index (χ4v) is 1.35. The first-order chi connectivity index (χ1) is 7.31. The number of nitrogens with one attached hydrogen (secondary N) is 2. The van der Waals surface area contributed by atoms with Crippen LogP contribution in [0.15, 0.2) is 24.3 Å². The summed E-state index contributed by atoms with van der Waals surface area (Å²) >= 11 is 0. The predicted molar refractivity (Wildman–Crippen MR) is 53.6 cm³/mol. The van der Waals surface area contributed by atoms with Gasteiger partial charge in [-0.3, -0.25) is 10.2 Å². The number of carbonyl (C=O) groups excluding carboxylic acids is 1. The molecule has 1 atom stereocenters. The largest absolute Gasteiger partial charge is 0.485 e. The maximum atomic E-state index is 11.4. The van der Waals surface area contributed by atoms with Crippen molar-refractivity contribution >= 4 is 5.91 Å². The van der Waals surface area contributed by atoms with Gasteiger partial charge in [0.15, 0.2) is 11.5 Å². The Balaban J connectivity index is 2.08. The molecule has 1 aliphatic heterocycles. The molecule has 1 amide bonds. The second kappa shape index (κ2) is 4.18. The van der Waals surface area contributed by atoms with Crippen molar-refractivity contribution in [3.8, 4) is 11.5 Å². The summed E-state index contributed by atoms with van der Waals surface area (Å²) in [5.41, 5.74) is 5.01. The lowest BCUT2D eigenvalue weighted by molar-refractivity contribution is -0.131. The minimum absolute atomic E-state index is 0.227. The zero-order chi connectivity index (χ0) is 10.7. The van der Waals surface area contributed by atoms with Crippen LogP contribution in [-0.4, -0.2) is 25.7 Å². The second-order valence-corrected chi connectivity index (χ2v) is 3.10. The summed E-state index contributed by atoms with van der Waals surface area (Å²) in [6.07, 6.45) is -0.604. The summed E-state index contributed by atoms with van der Waals surface area (Å²) in [4.78, 5) is 11.4. The first kappa shape index (κ1) is 9.79. The third-order valence-electron chi connectivity index (χ3n) is 2.05. The number of carbonyl (C=O) groups is 1. The van der Waals surface area contributed by atoms with Crippen LogP contribution in [-0.2, 0) is 4.79 Å². The molecule has 0 saturated carbocycles. The second-order valence-electron chi connectivity index (χ2n) is 3.10. The number of rotatable bonds is 2. The molecule has 5 nitrogen and oxygen atoms in total. The Morgan fingerprint density at radius 1 is 1.40 bits per heavy atom. The summed E-state index contributed by atoms with van der Waals surface area (Å²) in [5, 5.41) is 0. The topological polar surface area (TPSA) is 59.6 Å². The Morgan fingerprint density at radius 3 is 2.87 bits per heavy atom. The number of ether oxygens (including phenoxy) is 2. The van der Waals surface area contributed by atoms with Crippen LogP contribution in [0.1, 0.15) is 0 Å². The Bertz CT molecular complexity index is 367. The number of amides is 1. The van der Waals surface area contributed by atoms with Crippen molar-refractivity contribution < 1.29 is 14.3 Å². The lowest BCUT2D eigenvalue weighted by Crippen LogP contribution is -2.47. The fourth-order valence-electron chi connectivity index (χ4n) is 1.35. The number of para-hydroxylation sites is 2. The molecule has 2 N–H and O–H groups in total. The number of hydrogen-bond acceptors (Lipinski definition) is 4. The molecule has 1 aromatic carbocycles. The van der Waals surface area contributed by atoms with E-state index in [4.69, 9.17) is 9.47 Å². The van der Waals surface area contributed by atoms with Crippen LogP contribution in [0.3, 0.4) is 0 Å². The van der Waals surface area contributed by atoms with Crippen molar-refractivity contribution in [2.75, 3.05) is 13.7 Å². The minimum atomic E-state index is -0.604. The molecular formula is C10H12N2O3. The standard InChI is InChI=1S/C10H12N2O3/c1-11-12-10(13)9-6-14-7-4-2-3-5-8(7)15-9/h2-5,9,11H,6H2,1H3,(H,12,13). The Kier molecular flexibility index (Phi) is 2.73.